The molecular formula is C7H8N4. The average Bonchev–Trinajstić information content (AvgIpc) is 2.50. The van der Waals surface area contributed by atoms with Gasteiger partial charge in [-0.3, -0.25) is 4.40 Å². The summed E-state index contributed by atoms with van der Waals surface area (Å²) in [5, 5.41) is 3.00. The molecule has 0 radical (unpaired) electrons. The molecule has 0 aliphatic rings. The molecule has 2 rings (SSSR count). The third-order valence-electron chi connectivity index (χ3n) is 1.55. The average molecular weight is 148 g/mol. The molecule has 0 fully saturated rings. The lowest BCUT2D eigenvalue weighted by molar-refractivity contribution is 1.11. The number of aromatic nitrogens is 3. The normalized spacial score (nSPS) is 10.3. The van der Waals surface area contributed by atoms with Crippen molar-refractivity contribution in [3.8, 4) is 0 Å². The van der Waals surface area contributed by atoms with Gasteiger partial charge in [0.15, 0.2) is 5.65 Å². The van der Waals surface area contributed by atoms with E-state index in [9.17, 15) is 0 Å². The molecule has 0 saturated heterocycles. The first kappa shape index (κ1) is 6.15. The smallest absolute Gasteiger partial charge is 0.156 e. The van der Waals surface area contributed by atoms with Gasteiger partial charge >= 0.3 is 0 Å². The van der Waals surface area contributed by atoms with Crippen molar-refractivity contribution >= 4 is 11.3 Å². The molecule has 56 valence electrons. The summed E-state index contributed by atoms with van der Waals surface area (Å²) in [6.07, 6.45) is 7.16. The van der Waals surface area contributed by atoms with Crippen molar-refractivity contribution in [2.24, 2.45) is 0 Å². The lowest BCUT2D eigenvalue weighted by atomic mass is 10.5. The summed E-state index contributed by atoms with van der Waals surface area (Å²) in [6.45, 7) is 0. The van der Waals surface area contributed by atoms with Crippen LogP contribution < -0.4 is 5.32 Å². The van der Waals surface area contributed by atoms with Gasteiger partial charge in [-0.05, 0) is 0 Å². The third kappa shape index (κ3) is 0.920. The second kappa shape index (κ2) is 2.23. The highest BCUT2D eigenvalue weighted by Crippen LogP contribution is 2.04. The third-order valence-corrected chi connectivity index (χ3v) is 1.55. The molecule has 0 aromatic carbocycles. The van der Waals surface area contributed by atoms with Crippen molar-refractivity contribution < 1.29 is 0 Å². The van der Waals surface area contributed by atoms with Crippen LogP contribution in [0.25, 0.3) is 5.65 Å². The van der Waals surface area contributed by atoms with Crippen molar-refractivity contribution in [3.05, 3.63) is 24.9 Å². The van der Waals surface area contributed by atoms with Crippen LogP contribution in [0.2, 0.25) is 0 Å². The number of anilines is 1. The Balaban J connectivity index is 2.67. The van der Waals surface area contributed by atoms with Gasteiger partial charge < -0.3 is 5.32 Å². The molecule has 0 bridgehead atoms. The minimum absolute atomic E-state index is 0.865. The highest BCUT2D eigenvalue weighted by Gasteiger charge is 1.93. The molecule has 2 aromatic heterocycles. The summed E-state index contributed by atoms with van der Waals surface area (Å²) < 4.78 is 1.87. The van der Waals surface area contributed by atoms with E-state index >= 15 is 0 Å². The number of rotatable bonds is 1. The lowest BCUT2D eigenvalue weighted by Crippen LogP contribution is -1.92. The summed E-state index contributed by atoms with van der Waals surface area (Å²) in [6, 6.07) is 0. The first-order valence-corrected chi connectivity index (χ1v) is 3.35. The number of nitrogens with one attached hydrogen (secondary N) is 1. The Bertz CT molecular complexity index is 365. The summed E-state index contributed by atoms with van der Waals surface area (Å²) in [4.78, 5) is 8.10. The molecule has 0 saturated carbocycles. The number of fused-ring (bicyclic) bond motifs is 1. The fraction of sp³-hybridized carbons (Fsp3) is 0.143. The lowest BCUT2D eigenvalue weighted by Gasteiger charge is -1.98. The van der Waals surface area contributed by atoms with Crippen LogP contribution in [0, 0.1) is 0 Å². The second-order valence-corrected chi connectivity index (χ2v) is 2.25. The largest absolute Gasteiger partial charge is 0.386 e. The number of nitrogens with zero attached hydrogens (tertiary/aromatic N) is 3. The molecular weight excluding hydrogens is 140 g/mol. The zero-order chi connectivity index (χ0) is 7.68. The van der Waals surface area contributed by atoms with E-state index in [1.54, 1.807) is 18.7 Å². The molecule has 0 amide bonds. The summed E-state index contributed by atoms with van der Waals surface area (Å²) in [7, 11) is 1.86. The van der Waals surface area contributed by atoms with E-state index in [4.69, 9.17) is 0 Å². The Labute approximate surface area is 63.9 Å². The van der Waals surface area contributed by atoms with Crippen LogP contribution in [0.3, 0.4) is 0 Å². The van der Waals surface area contributed by atoms with Gasteiger partial charge in [0, 0.05) is 13.2 Å². The van der Waals surface area contributed by atoms with E-state index in [1.165, 1.54) is 0 Å². The first-order valence-electron chi connectivity index (χ1n) is 3.35. The van der Waals surface area contributed by atoms with Crippen LogP contribution in [-0.2, 0) is 0 Å². The van der Waals surface area contributed by atoms with E-state index in [1.807, 2.05) is 17.6 Å². The maximum absolute atomic E-state index is 4.15. The maximum atomic E-state index is 4.15. The van der Waals surface area contributed by atoms with Crippen molar-refractivity contribution in [2.75, 3.05) is 12.4 Å². The monoisotopic (exact) mass is 148 g/mol. The molecule has 2 aromatic rings. The van der Waals surface area contributed by atoms with Crippen LogP contribution in [0.4, 0.5) is 5.69 Å². The van der Waals surface area contributed by atoms with Gasteiger partial charge in [0.1, 0.15) is 6.33 Å². The van der Waals surface area contributed by atoms with E-state index < -0.39 is 0 Å². The van der Waals surface area contributed by atoms with Crippen LogP contribution in [0.1, 0.15) is 0 Å². The molecule has 0 aliphatic heterocycles. The maximum Gasteiger partial charge on any atom is 0.156 e. The Kier molecular flexibility index (Phi) is 1.25. The first-order chi connectivity index (χ1) is 5.40. The Morgan fingerprint density at radius 3 is 3.18 bits per heavy atom. The fourth-order valence-electron chi connectivity index (χ4n) is 0.945. The molecule has 4 heteroatoms. The van der Waals surface area contributed by atoms with Crippen LogP contribution in [-0.4, -0.2) is 21.4 Å². The molecule has 4 nitrogen and oxygen atoms in total. The minimum Gasteiger partial charge on any atom is -0.386 e. The molecule has 0 unspecified atom stereocenters. The summed E-state index contributed by atoms with van der Waals surface area (Å²) >= 11 is 0. The molecule has 1 N–H and O–H groups in total. The Morgan fingerprint density at radius 1 is 1.45 bits per heavy atom. The standard InChI is InChI=1S/C7H8N4/c1-8-6-2-10-7-3-9-5-11(7)4-6/h2-5,8H,1H3. The number of hydrogen-bond acceptors (Lipinski definition) is 3. The van der Waals surface area contributed by atoms with Gasteiger partial charge in [-0.25, -0.2) is 9.97 Å². The van der Waals surface area contributed by atoms with Crippen molar-refractivity contribution in [1.29, 1.82) is 0 Å². The van der Waals surface area contributed by atoms with Crippen molar-refractivity contribution in [1.82, 2.24) is 14.4 Å². The zero-order valence-electron chi connectivity index (χ0n) is 6.15. The van der Waals surface area contributed by atoms with E-state index in [0.717, 1.165) is 11.3 Å². The zero-order valence-corrected chi connectivity index (χ0v) is 6.15. The van der Waals surface area contributed by atoms with Gasteiger partial charge in [0.25, 0.3) is 0 Å². The van der Waals surface area contributed by atoms with Crippen molar-refractivity contribution in [2.45, 2.75) is 0 Å². The second-order valence-electron chi connectivity index (χ2n) is 2.25. The topological polar surface area (TPSA) is 42.2 Å². The SMILES string of the molecule is CNc1cnc2cncn2c1. The van der Waals surface area contributed by atoms with E-state index in [2.05, 4.69) is 15.3 Å². The number of imidazole rings is 1. The predicted octanol–water partition coefficient (Wildman–Crippen LogP) is 0.771. The van der Waals surface area contributed by atoms with Crippen LogP contribution >= 0.6 is 0 Å². The highest BCUT2D eigenvalue weighted by molar-refractivity contribution is 5.44. The summed E-state index contributed by atoms with van der Waals surface area (Å²) in [5.74, 6) is 0. The minimum atomic E-state index is 0.865. The van der Waals surface area contributed by atoms with Gasteiger partial charge in [-0.2, -0.15) is 0 Å². The van der Waals surface area contributed by atoms with E-state index in [-0.39, 0.29) is 0 Å². The predicted molar refractivity (Wildman–Crippen MR) is 42.5 cm³/mol. The highest BCUT2D eigenvalue weighted by atomic mass is 15.0. The van der Waals surface area contributed by atoms with Crippen LogP contribution in [0.5, 0.6) is 0 Å². The molecule has 11 heavy (non-hydrogen) atoms. The van der Waals surface area contributed by atoms with Gasteiger partial charge in [-0.15, -0.1) is 0 Å². The Morgan fingerprint density at radius 2 is 2.36 bits per heavy atom. The van der Waals surface area contributed by atoms with Gasteiger partial charge in [0.05, 0.1) is 18.1 Å². The fourth-order valence-corrected chi connectivity index (χ4v) is 0.945. The quantitative estimate of drug-likeness (QED) is 0.649. The Hall–Kier alpha value is -1.58. The van der Waals surface area contributed by atoms with Gasteiger partial charge in [0.2, 0.25) is 0 Å². The van der Waals surface area contributed by atoms with Gasteiger partial charge in [-0.1, -0.05) is 0 Å². The molecule has 0 spiro atoms. The summed E-state index contributed by atoms with van der Waals surface area (Å²) in [5.41, 5.74) is 1.85. The molecule has 0 aliphatic carbocycles. The van der Waals surface area contributed by atoms with Crippen molar-refractivity contribution in [3.63, 3.8) is 0 Å². The van der Waals surface area contributed by atoms with E-state index in [0.29, 0.717) is 0 Å². The number of hydrogen-bond donors (Lipinski definition) is 1. The molecule has 2 heterocycles. The molecule has 0 atom stereocenters. The van der Waals surface area contributed by atoms with Crippen LogP contribution in [0.15, 0.2) is 24.9 Å².